The van der Waals surface area contributed by atoms with Gasteiger partial charge in [-0.2, -0.15) is 0 Å². The fourth-order valence-corrected chi connectivity index (χ4v) is 3.93. The van der Waals surface area contributed by atoms with Crippen LogP contribution in [0.4, 0.5) is 5.82 Å². The molecule has 3 rings (SSSR count). The molecule has 6 atom stereocenters. The number of aliphatic hydroxyl groups is 2. The second kappa shape index (κ2) is 10.3. The predicted octanol–water partition coefficient (Wildman–Crippen LogP) is -0.328. The summed E-state index contributed by atoms with van der Waals surface area (Å²) in [7, 11) is 1.31. The molecule has 1 aliphatic rings. The molecule has 11 heteroatoms. The van der Waals surface area contributed by atoms with Crippen molar-refractivity contribution in [2.24, 2.45) is 5.73 Å². The Morgan fingerprint density at radius 2 is 2.13 bits per heavy atom. The lowest BCUT2D eigenvalue weighted by Crippen LogP contribution is -2.40. The molecule has 11 nitrogen and oxygen atoms in total. The first-order valence-corrected chi connectivity index (χ1v) is 10.5. The van der Waals surface area contributed by atoms with Crippen LogP contribution in [0.2, 0.25) is 0 Å². The van der Waals surface area contributed by atoms with Crippen LogP contribution >= 0.6 is 0 Å². The smallest absolute Gasteiger partial charge is 0.322 e. The highest BCUT2D eigenvalue weighted by Gasteiger charge is 2.44. The highest BCUT2D eigenvalue weighted by Crippen LogP contribution is 2.34. The van der Waals surface area contributed by atoms with Crippen LogP contribution < -0.4 is 16.8 Å². The summed E-state index contributed by atoms with van der Waals surface area (Å²) in [5, 5.41) is 25.4. The highest BCUT2D eigenvalue weighted by molar-refractivity contribution is 5.86. The van der Waals surface area contributed by atoms with Crippen LogP contribution in [0.5, 0.6) is 0 Å². The van der Waals surface area contributed by atoms with Gasteiger partial charge in [-0.3, -0.25) is 4.79 Å². The minimum absolute atomic E-state index is 0.0550. The maximum atomic E-state index is 11.6. The molecule has 31 heavy (non-hydrogen) atoms. The van der Waals surface area contributed by atoms with E-state index >= 15 is 0 Å². The summed E-state index contributed by atoms with van der Waals surface area (Å²) in [5.74, 6) is -0.123. The van der Waals surface area contributed by atoms with E-state index in [0.717, 1.165) is 13.0 Å². The topological polar surface area (TPSA) is 171 Å². The molecule has 0 spiro atoms. The van der Waals surface area contributed by atoms with E-state index < -0.39 is 36.6 Å². The Morgan fingerprint density at radius 1 is 1.35 bits per heavy atom. The molecule has 0 saturated carbocycles. The zero-order chi connectivity index (χ0) is 22.5. The number of esters is 1. The summed E-state index contributed by atoms with van der Waals surface area (Å²) in [4.78, 5) is 19.8. The molecule has 172 valence electrons. The Labute approximate surface area is 180 Å². The summed E-state index contributed by atoms with van der Waals surface area (Å²) in [6, 6.07) is 0.987. The number of carbonyl (C=O) groups excluding carboxylic acids is 1. The lowest BCUT2D eigenvalue weighted by atomic mass is 9.97. The third-order valence-electron chi connectivity index (χ3n) is 5.68. The fraction of sp³-hybridized carbons (Fsp3) is 0.650. The number of carbonyl (C=O) groups is 1. The van der Waals surface area contributed by atoms with Crippen LogP contribution in [0, 0.1) is 0 Å². The molecule has 7 N–H and O–H groups in total. The largest absolute Gasteiger partial charge is 0.468 e. The molecule has 2 aromatic heterocycles. The monoisotopic (exact) mass is 436 g/mol. The quantitative estimate of drug-likeness (QED) is 0.311. The van der Waals surface area contributed by atoms with E-state index in [9.17, 15) is 15.0 Å². The Hall–Kier alpha value is -2.31. The Kier molecular flexibility index (Phi) is 7.79. The number of methoxy groups -OCH3 is 1. The second-order valence-electron chi connectivity index (χ2n) is 7.86. The minimum atomic E-state index is -1.14. The first-order chi connectivity index (χ1) is 14.9. The minimum Gasteiger partial charge on any atom is -0.468 e. The molecule has 1 aliphatic heterocycles. The first-order valence-electron chi connectivity index (χ1n) is 10.5. The summed E-state index contributed by atoms with van der Waals surface area (Å²) in [6.45, 7) is 2.82. The third kappa shape index (κ3) is 5.13. The molecule has 0 aliphatic carbocycles. The normalized spacial score (nSPS) is 25.6. The average molecular weight is 437 g/mol. The molecular formula is C20H32N6O5. The highest BCUT2D eigenvalue weighted by atomic mass is 16.6. The van der Waals surface area contributed by atoms with Crippen LogP contribution in [0.15, 0.2) is 18.6 Å². The number of anilines is 1. The van der Waals surface area contributed by atoms with Gasteiger partial charge in [-0.25, -0.2) is 9.97 Å². The Morgan fingerprint density at radius 3 is 2.84 bits per heavy atom. The number of rotatable bonds is 10. The number of hydrogen-bond acceptors (Lipinski definition) is 10. The van der Waals surface area contributed by atoms with Gasteiger partial charge < -0.3 is 41.0 Å². The van der Waals surface area contributed by atoms with E-state index in [1.54, 1.807) is 16.8 Å². The zero-order valence-electron chi connectivity index (χ0n) is 17.8. The lowest BCUT2D eigenvalue weighted by molar-refractivity contribution is -0.142. The predicted molar refractivity (Wildman–Crippen MR) is 114 cm³/mol. The van der Waals surface area contributed by atoms with Crippen molar-refractivity contribution in [2.45, 2.75) is 69.2 Å². The van der Waals surface area contributed by atoms with Gasteiger partial charge >= 0.3 is 5.97 Å². The van der Waals surface area contributed by atoms with E-state index in [-0.39, 0.29) is 6.04 Å². The van der Waals surface area contributed by atoms with Gasteiger partial charge in [0.1, 0.15) is 36.0 Å². The van der Waals surface area contributed by atoms with Crippen molar-refractivity contribution in [3.63, 3.8) is 0 Å². The Bertz CT molecular complexity index is 877. The van der Waals surface area contributed by atoms with Crippen LogP contribution in [0.3, 0.4) is 0 Å². The summed E-state index contributed by atoms with van der Waals surface area (Å²) < 4.78 is 12.4. The molecule has 0 amide bonds. The zero-order valence-corrected chi connectivity index (χ0v) is 17.8. The number of nitrogens with one attached hydrogen (secondary N) is 1. The number of nitrogens with two attached hydrogens (primary N) is 2. The molecule has 0 bridgehead atoms. The van der Waals surface area contributed by atoms with Crippen molar-refractivity contribution in [2.75, 3.05) is 19.4 Å². The number of fused-ring (bicyclic) bond motifs is 1. The SMILES string of the molecule is CCCN[C@@H](CC[C@H](N)C(=O)OC)C[C@H]1O[C@@H](n2ccc3c(N)ncnc32)C(O)[C@H]1O. The van der Waals surface area contributed by atoms with Crippen LogP contribution in [0.1, 0.15) is 38.8 Å². The molecule has 1 saturated heterocycles. The summed E-state index contributed by atoms with van der Waals surface area (Å²) >= 11 is 0. The van der Waals surface area contributed by atoms with Gasteiger partial charge in [-0.1, -0.05) is 6.92 Å². The van der Waals surface area contributed by atoms with Crippen molar-refractivity contribution in [3.8, 4) is 0 Å². The van der Waals surface area contributed by atoms with Crippen LogP contribution in [0.25, 0.3) is 11.0 Å². The maximum absolute atomic E-state index is 11.6. The summed E-state index contributed by atoms with van der Waals surface area (Å²) in [6.07, 6.45) is 1.81. The summed E-state index contributed by atoms with van der Waals surface area (Å²) in [5.41, 5.74) is 12.3. The number of hydrogen-bond donors (Lipinski definition) is 5. The second-order valence-corrected chi connectivity index (χ2v) is 7.86. The molecular weight excluding hydrogens is 404 g/mol. The van der Waals surface area contributed by atoms with Crippen molar-refractivity contribution >= 4 is 22.8 Å². The van der Waals surface area contributed by atoms with Crippen molar-refractivity contribution in [1.29, 1.82) is 0 Å². The van der Waals surface area contributed by atoms with Gasteiger partial charge in [-0.05, 0) is 38.3 Å². The molecule has 1 unspecified atom stereocenters. The average Bonchev–Trinajstić information content (AvgIpc) is 3.32. The van der Waals surface area contributed by atoms with Crippen molar-refractivity contribution < 1.29 is 24.5 Å². The Balaban J connectivity index is 1.70. The number of ether oxygens (including phenoxy) is 2. The molecule has 3 heterocycles. The van der Waals surface area contributed by atoms with Gasteiger partial charge in [0.05, 0.1) is 18.6 Å². The lowest BCUT2D eigenvalue weighted by Gasteiger charge is -2.24. The standard InChI is InChI=1S/C20H32N6O5/c1-3-7-23-11(4-5-13(21)20(29)30-2)9-14-15(27)16(28)19(31-14)26-8-6-12-17(22)24-10-25-18(12)26/h6,8,10-11,13-16,19,23,27-28H,3-5,7,9,21H2,1-2H3,(H2,22,24,25)/t11-,13-,14+,15-,16?,19+/m0/s1. The molecule has 2 aromatic rings. The molecule has 0 radical (unpaired) electrons. The van der Waals surface area contributed by atoms with Crippen LogP contribution in [-0.4, -0.2) is 74.8 Å². The fourth-order valence-electron chi connectivity index (χ4n) is 3.93. The van der Waals surface area contributed by atoms with E-state index in [2.05, 4.69) is 26.9 Å². The number of aromatic nitrogens is 3. The molecule has 0 aromatic carbocycles. The van der Waals surface area contributed by atoms with Gasteiger partial charge in [-0.15, -0.1) is 0 Å². The van der Waals surface area contributed by atoms with Crippen LogP contribution in [-0.2, 0) is 14.3 Å². The van der Waals surface area contributed by atoms with Gasteiger partial charge in [0, 0.05) is 12.2 Å². The van der Waals surface area contributed by atoms with E-state index in [1.807, 2.05) is 0 Å². The van der Waals surface area contributed by atoms with E-state index in [1.165, 1.54) is 13.4 Å². The number of nitrogens with zero attached hydrogens (tertiary/aromatic N) is 3. The van der Waals surface area contributed by atoms with E-state index in [4.69, 9.17) is 16.2 Å². The van der Waals surface area contributed by atoms with Gasteiger partial charge in [0.2, 0.25) is 0 Å². The van der Waals surface area contributed by atoms with Crippen molar-refractivity contribution in [1.82, 2.24) is 19.9 Å². The molecule has 1 fully saturated rings. The number of nitrogen functional groups attached to an aromatic ring is 1. The number of aliphatic hydroxyl groups excluding tert-OH is 2. The van der Waals surface area contributed by atoms with Gasteiger partial charge in [0.15, 0.2) is 6.23 Å². The first kappa shape index (κ1) is 23.4. The third-order valence-corrected chi connectivity index (χ3v) is 5.68. The van der Waals surface area contributed by atoms with E-state index in [0.29, 0.717) is 36.1 Å². The van der Waals surface area contributed by atoms with Gasteiger partial charge in [0.25, 0.3) is 0 Å². The maximum Gasteiger partial charge on any atom is 0.322 e. The van der Waals surface area contributed by atoms with Crippen molar-refractivity contribution in [3.05, 3.63) is 18.6 Å².